The average molecular weight is 220 g/mol. The molecule has 1 heterocycles. The molecule has 0 atom stereocenters. The summed E-state index contributed by atoms with van der Waals surface area (Å²) in [6.45, 7) is 0. The Morgan fingerprint density at radius 3 is 2.47 bits per heavy atom. The number of aromatic carboxylic acids is 1. The maximum atomic E-state index is 10.6. The van der Waals surface area contributed by atoms with Gasteiger partial charge in [-0.15, -0.1) is 0 Å². The first-order chi connectivity index (χ1) is 7.25. The highest BCUT2D eigenvalue weighted by molar-refractivity contribution is 7.15. The third-order valence-corrected chi connectivity index (χ3v) is 2.70. The Bertz CT molecular complexity index is 462. The molecule has 15 heavy (non-hydrogen) atoms. The van der Waals surface area contributed by atoms with Gasteiger partial charge in [-0.25, -0.2) is 4.79 Å². The van der Waals surface area contributed by atoms with Crippen LogP contribution < -0.4 is 4.74 Å². The first-order valence-electron chi connectivity index (χ1n) is 4.32. The Balaban J connectivity index is 2.15. The maximum Gasteiger partial charge on any atom is 0.345 e. The van der Waals surface area contributed by atoms with Crippen molar-refractivity contribution >= 4 is 17.3 Å². The van der Waals surface area contributed by atoms with Crippen molar-refractivity contribution in [2.24, 2.45) is 0 Å². The van der Waals surface area contributed by atoms with Crippen molar-refractivity contribution < 1.29 is 14.6 Å². The first-order valence-corrected chi connectivity index (χ1v) is 5.13. The SMILES string of the molecule is O=C(O)c1ccc(Oc2ccccc2)s1. The second-order valence-electron chi connectivity index (χ2n) is 2.84. The second-order valence-corrected chi connectivity index (χ2v) is 3.89. The number of thiophene rings is 1. The molecule has 0 bridgehead atoms. The highest BCUT2D eigenvalue weighted by Gasteiger charge is 2.07. The van der Waals surface area contributed by atoms with E-state index in [4.69, 9.17) is 9.84 Å². The molecule has 0 aliphatic heterocycles. The van der Waals surface area contributed by atoms with Gasteiger partial charge in [0.15, 0.2) is 5.06 Å². The van der Waals surface area contributed by atoms with Gasteiger partial charge in [-0.1, -0.05) is 29.5 Å². The fraction of sp³-hybridized carbons (Fsp3) is 0. The number of para-hydroxylation sites is 1. The van der Waals surface area contributed by atoms with Gasteiger partial charge in [0.1, 0.15) is 10.6 Å². The van der Waals surface area contributed by atoms with Crippen molar-refractivity contribution in [2.75, 3.05) is 0 Å². The fourth-order valence-electron chi connectivity index (χ4n) is 1.09. The highest BCUT2D eigenvalue weighted by atomic mass is 32.1. The summed E-state index contributed by atoms with van der Waals surface area (Å²) in [4.78, 5) is 10.9. The monoisotopic (exact) mass is 220 g/mol. The summed E-state index contributed by atoms with van der Waals surface area (Å²) >= 11 is 1.11. The zero-order chi connectivity index (χ0) is 10.7. The molecule has 1 aromatic heterocycles. The molecular weight excluding hydrogens is 212 g/mol. The van der Waals surface area contributed by atoms with Gasteiger partial charge >= 0.3 is 5.97 Å². The minimum absolute atomic E-state index is 0.279. The average Bonchev–Trinajstić information content (AvgIpc) is 2.68. The van der Waals surface area contributed by atoms with E-state index in [-0.39, 0.29) is 4.88 Å². The molecule has 0 radical (unpaired) electrons. The van der Waals surface area contributed by atoms with Gasteiger partial charge in [0, 0.05) is 0 Å². The maximum absolute atomic E-state index is 10.6. The van der Waals surface area contributed by atoms with E-state index in [0.717, 1.165) is 11.3 Å². The molecule has 0 amide bonds. The zero-order valence-corrected chi connectivity index (χ0v) is 8.53. The van der Waals surface area contributed by atoms with Gasteiger partial charge in [-0.05, 0) is 24.3 Å². The van der Waals surface area contributed by atoms with E-state index in [1.54, 1.807) is 6.07 Å². The van der Waals surface area contributed by atoms with E-state index in [9.17, 15) is 4.79 Å². The Morgan fingerprint density at radius 1 is 1.13 bits per heavy atom. The lowest BCUT2D eigenvalue weighted by Gasteiger charge is -2.00. The van der Waals surface area contributed by atoms with Crippen LogP contribution >= 0.6 is 11.3 Å². The molecular formula is C11H8O3S. The van der Waals surface area contributed by atoms with Crippen LogP contribution in [0.15, 0.2) is 42.5 Å². The van der Waals surface area contributed by atoms with Crippen LogP contribution in [0.3, 0.4) is 0 Å². The summed E-state index contributed by atoms with van der Waals surface area (Å²) in [5, 5.41) is 9.30. The van der Waals surface area contributed by atoms with Crippen molar-refractivity contribution in [3.05, 3.63) is 47.3 Å². The number of ether oxygens (including phenoxy) is 1. The van der Waals surface area contributed by atoms with Crippen LogP contribution in [0, 0.1) is 0 Å². The van der Waals surface area contributed by atoms with Crippen molar-refractivity contribution in [1.29, 1.82) is 0 Å². The third kappa shape index (κ3) is 2.35. The Hall–Kier alpha value is -1.81. The Kier molecular flexibility index (Phi) is 2.69. The van der Waals surface area contributed by atoms with E-state index >= 15 is 0 Å². The van der Waals surface area contributed by atoms with Crippen LogP contribution in [0.4, 0.5) is 0 Å². The molecule has 3 nitrogen and oxygen atoms in total. The standard InChI is InChI=1S/C11H8O3S/c12-11(13)9-6-7-10(15-9)14-8-4-2-1-3-5-8/h1-7H,(H,12,13). The van der Waals surface area contributed by atoms with Gasteiger partial charge < -0.3 is 9.84 Å². The van der Waals surface area contributed by atoms with Crippen LogP contribution in [-0.4, -0.2) is 11.1 Å². The number of hydrogen-bond donors (Lipinski definition) is 1. The van der Waals surface area contributed by atoms with E-state index in [1.165, 1.54) is 6.07 Å². The minimum Gasteiger partial charge on any atom is -0.477 e. The van der Waals surface area contributed by atoms with Gasteiger partial charge in [0.25, 0.3) is 0 Å². The lowest BCUT2D eigenvalue weighted by Crippen LogP contribution is -1.89. The summed E-state index contributed by atoms with van der Waals surface area (Å²) in [5.74, 6) is -0.223. The zero-order valence-electron chi connectivity index (χ0n) is 7.71. The van der Waals surface area contributed by atoms with E-state index < -0.39 is 5.97 Å². The van der Waals surface area contributed by atoms with Crippen molar-refractivity contribution in [2.45, 2.75) is 0 Å². The third-order valence-electron chi connectivity index (χ3n) is 1.75. The molecule has 0 spiro atoms. The number of carboxylic acids is 1. The van der Waals surface area contributed by atoms with Gasteiger partial charge in [0.05, 0.1) is 0 Å². The molecule has 2 aromatic rings. The summed E-state index contributed by atoms with van der Waals surface area (Å²) in [6, 6.07) is 12.4. The molecule has 0 aliphatic carbocycles. The van der Waals surface area contributed by atoms with Crippen LogP contribution in [0.5, 0.6) is 10.8 Å². The molecule has 0 aliphatic rings. The van der Waals surface area contributed by atoms with Gasteiger partial charge in [0.2, 0.25) is 0 Å². The largest absolute Gasteiger partial charge is 0.477 e. The number of carboxylic acid groups (broad SMARTS) is 1. The topological polar surface area (TPSA) is 46.5 Å². The number of rotatable bonds is 3. The molecule has 0 unspecified atom stereocenters. The van der Waals surface area contributed by atoms with Crippen molar-refractivity contribution in [1.82, 2.24) is 0 Å². The van der Waals surface area contributed by atoms with Gasteiger partial charge in [-0.3, -0.25) is 0 Å². The summed E-state index contributed by atoms with van der Waals surface area (Å²) < 4.78 is 5.46. The summed E-state index contributed by atoms with van der Waals surface area (Å²) in [6.07, 6.45) is 0. The number of hydrogen-bond acceptors (Lipinski definition) is 3. The minimum atomic E-state index is -0.928. The van der Waals surface area contributed by atoms with E-state index in [2.05, 4.69) is 0 Å². The second kappa shape index (κ2) is 4.14. The molecule has 4 heteroatoms. The smallest absolute Gasteiger partial charge is 0.345 e. The summed E-state index contributed by atoms with van der Waals surface area (Å²) in [5.41, 5.74) is 0. The van der Waals surface area contributed by atoms with Crippen LogP contribution in [0.1, 0.15) is 9.67 Å². The molecule has 0 fully saturated rings. The highest BCUT2D eigenvalue weighted by Crippen LogP contribution is 2.29. The summed E-state index contributed by atoms with van der Waals surface area (Å²) in [7, 11) is 0. The van der Waals surface area contributed by atoms with Crippen molar-refractivity contribution in [3.8, 4) is 10.8 Å². The van der Waals surface area contributed by atoms with E-state index in [0.29, 0.717) is 10.8 Å². The normalized spacial score (nSPS) is 9.87. The van der Waals surface area contributed by atoms with Crippen molar-refractivity contribution in [3.63, 3.8) is 0 Å². The lowest BCUT2D eigenvalue weighted by atomic mass is 10.3. The Labute approximate surface area is 90.6 Å². The molecule has 0 saturated carbocycles. The molecule has 1 N–H and O–H groups in total. The van der Waals surface area contributed by atoms with Crippen LogP contribution in [-0.2, 0) is 0 Å². The number of benzene rings is 1. The fourth-order valence-corrected chi connectivity index (χ4v) is 1.81. The predicted molar refractivity (Wildman–Crippen MR) is 57.8 cm³/mol. The molecule has 0 saturated heterocycles. The van der Waals surface area contributed by atoms with Crippen LogP contribution in [0.2, 0.25) is 0 Å². The molecule has 1 aromatic carbocycles. The molecule has 76 valence electrons. The van der Waals surface area contributed by atoms with Crippen LogP contribution in [0.25, 0.3) is 0 Å². The van der Waals surface area contributed by atoms with Gasteiger partial charge in [-0.2, -0.15) is 0 Å². The Morgan fingerprint density at radius 2 is 1.87 bits per heavy atom. The number of carbonyl (C=O) groups is 1. The lowest BCUT2D eigenvalue weighted by molar-refractivity contribution is 0.0702. The predicted octanol–water partition coefficient (Wildman–Crippen LogP) is 3.24. The van der Waals surface area contributed by atoms with E-state index in [1.807, 2.05) is 30.3 Å². The first kappa shape index (κ1) is 9.73. The molecule has 2 rings (SSSR count). The quantitative estimate of drug-likeness (QED) is 0.863.